The first-order valence-corrected chi connectivity index (χ1v) is 6.24. The quantitative estimate of drug-likeness (QED) is 0.823. The Morgan fingerprint density at radius 3 is 3.00 bits per heavy atom. The van der Waals surface area contributed by atoms with Crippen LogP contribution in [0.4, 0.5) is 9.93 Å². The smallest absolute Gasteiger partial charge is 0.261 e. The zero-order chi connectivity index (χ0) is 11.5. The van der Waals surface area contributed by atoms with Crippen LogP contribution in [0, 0.1) is 0 Å². The molecular formula is C8H12ClN5OS. The predicted octanol–water partition coefficient (Wildman–Crippen LogP) is 1.04. The van der Waals surface area contributed by atoms with Crippen LogP contribution in [0.25, 0.3) is 0 Å². The van der Waals surface area contributed by atoms with Crippen LogP contribution in [-0.2, 0) is 6.42 Å². The van der Waals surface area contributed by atoms with Crippen LogP contribution in [0.3, 0.4) is 0 Å². The lowest BCUT2D eigenvalue weighted by molar-refractivity contribution is 0.217. The molecule has 2 rings (SSSR count). The van der Waals surface area contributed by atoms with E-state index in [4.69, 9.17) is 11.6 Å². The molecule has 88 valence electrons. The lowest BCUT2D eigenvalue weighted by atomic mass is 10.4. The summed E-state index contributed by atoms with van der Waals surface area (Å²) in [4.78, 5) is 13.2. The highest BCUT2D eigenvalue weighted by atomic mass is 35.5. The van der Waals surface area contributed by atoms with Crippen molar-refractivity contribution in [2.24, 2.45) is 0 Å². The Balaban J connectivity index is 2.04. The monoisotopic (exact) mass is 261 g/mol. The van der Waals surface area contributed by atoms with Gasteiger partial charge < -0.3 is 0 Å². The fourth-order valence-electron chi connectivity index (χ4n) is 1.32. The fraction of sp³-hybridized carbons (Fsp3) is 0.625. The van der Waals surface area contributed by atoms with Gasteiger partial charge in [0.15, 0.2) is 0 Å². The van der Waals surface area contributed by atoms with Crippen LogP contribution < -0.4 is 10.3 Å². The molecule has 0 aliphatic carbocycles. The number of hydrazine groups is 1. The number of nitrogens with one attached hydrogen (secondary N) is 1. The van der Waals surface area contributed by atoms with E-state index in [1.165, 1.54) is 16.3 Å². The molecule has 1 aliphatic rings. The van der Waals surface area contributed by atoms with Gasteiger partial charge in [0.25, 0.3) is 0 Å². The van der Waals surface area contributed by atoms with E-state index < -0.39 is 0 Å². The molecule has 0 saturated carbocycles. The molecular weight excluding hydrogens is 250 g/mol. The molecule has 1 fully saturated rings. The van der Waals surface area contributed by atoms with Crippen LogP contribution >= 0.6 is 22.9 Å². The topological polar surface area (TPSA) is 61.4 Å². The minimum atomic E-state index is -0.111. The van der Waals surface area contributed by atoms with Gasteiger partial charge in [-0.25, -0.2) is 10.2 Å². The molecule has 0 atom stereocenters. The minimum absolute atomic E-state index is 0.111. The van der Waals surface area contributed by atoms with Gasteiger partial charge in [-0.1, -0.05) is 11.3 Å². The summed E-state index contributed by atoms with van der Waals surface area (Å²) in [5.74, 6) is 0.613. The molecule has 6 nitrogen and oxygen atoms in total. The third kappa shape index (κ3) is 2.26. The van der Waals surface area contributed by atoms with Gasteiger partial charge in [-0.2, -0.15) is 0 Å². The summed E-state index contributed by atoms with van der Waals surface area (Å²) >= 11 is 7.04. The van der Waals surface area contributed by atoms with E-state index in [2.05, 4.69) is 15.6 Å². The van der Waals surface area contributed by atoms with Crippen molar-refractivity contribution >= 4 is 34.1 Å². The van der Waals surface area contributed by atoms with Crippen molar-refractivity contribution in [2.45, 2.75) is 12.8 Å². The van der Waals surface area contributed by atoms with Crippen LogP contribution in [0.15, 0.2) is 0 Å². The highest BCUT2D eigenvalue weighted by Crippen LogP contribution is 2.23. The molecule has 1 aromatic heterocycles. The van der Waals surface area contributed by atoms with E-state index in [1.807, 2.05) is 0 Å². The molecule has 16 heavy (non-hydrogen) atoms. The van der Waals surface area contributed by atoms with Gasteiger partial charge >= 0.3 is 6.03 Å². The van der Waals surface area contributed by atoms with Crippen molar-refractivity contribution in [1.82, 2.24) is 20.6 Å². The van der Waals surface area contributed by atoms with Gasteiger partial charge in [0.05, 0.1) is 6.67 Å². The Morgan fingerprint density at radius 2 is 2.38 bits per heavy atom. The second-order valence-electron chi connectivity index (χ2n) is 3.36. The Hall–Kier alpha value is -0.920. The van der Waals surface area contributed by atoms with Crippen molar-refractivity contribution in [3.8, 4) is 0 Å². The van der Waals surface area contributed by atoms with E-state index in [1.54, 1.807) is 11.9 Å². The number of urea groups is 1. The van der Waals surface area contributed by atoms with E-state index in [0.29, 0.717) is 17.7 Å². The number of rotatable bonds is 4. The molecule has 1 aliphatic heterocycles. The van der Waals surface area contributed by atoms with Gasteiger partial charge in [-0.05, 0) is 6.42 Å². The number of alkyl halides is 1. The standard InChI is InChI=1S/C8H12ClN5OS/c1-13-8(15)14(5-10-13)7-12-11-6(16-7)3-2-4-9/h10H,2-5H2,1H3. The summed E-state index contributed by atoms with van der Waals surface area (Å²) in [6, 6.07) is -0.111. The summed E-state index contributed by atoms with van der Waals surface area (Å²) < 4.78 is 0. The molecule has 8 heteroatoms. The highest BCUT2D eigenvalue weighted by Gasteiger charge is 2.28. The van der Waals surface area contributed by atoms with Crippen molar-refractivity contribution in [2.75, 3.05) is 24.5 Å². The van der Waals surface area contributed by atoms with Crippen molar-refractivity contribution in [3.63, 3.8) is 0 Å². The Morgan fingerprint density at radius 1 is 1.56 bits per heavy atom. The van der Waals surface area contributed by atoms with E-state index >= 15 is 0 Å². The third-order valence-electron chi connectivity index (χ3n) is 2.20. The van der Waals surface area contributed by atoms with Crippen LogP contribution in [-0.4, -0.2) is 40.8 Å². The molecule has 0 radical (unpaired) electrons. The normalized spacial score (nSPS) is 16.2. The van der Waals surface area contributed by atoms with E-state index in [-0.39, 0.29) is 6.03 Å². The van der Waals surface area contributed by atoms with Crippen molar-refractivity contribution < 1.29 is 4.79 Å². The first-order chi connectivity index (χ1) is 7.72. The number of aryl methyl sites for hydroxylation is 1. The summed E-state index contributed by atoms with van der Waals surface area (Å²) in [6.07, 6.45) is 1.69. The number of nitrogens with zero attached hydrogens (tertiary/aromatic N) is 4. The molecule has 0 aromatic carbocycles. The number of halogens is 1. The number of carbonyl (C=O) groups excluding carboxylic acids is 1. The van der Waals surface area contributed by atoms with Crippen molar-refractivity contribution in [3.05, 3.63) is 5.01 Å². The first-order valence-electron chi connectivity index (χ1n) is 4.89. The number of hydrogen-bond acceptors (Lipinski definition) is 5. The number of aromatic nitrogens is 2. The average Bonchev–Trinajstić information content (AvgIpc) is 2.85. The fourth-order valence-corrected chi connectivity index (χ4v) is 2.32. The Labute approximate surface area is 102 Å². The number of carbonyl (C=O) groups is 1. The maximum Gasteiger partial charge on any atom is 0.341 e. The first kappa shape index (κ1) is 11.6. The second kappa shape index (κ2) is 4.94. The van der Waals surface area contributed by atoms with Gasteiger partial charge in [-0.3, -0.25) is 9.91 Å². The third-order valence-corrected chi connectivity index (χ3v) is 3.47. The summed E-state index contributed by atoms with van der Waals surface area (Å²) in [6.45, 7) is 0.444. The predicted molar refractivity (Wildman–Crippen MR) is 62.6 cm³/mol. The molecule has 0 unspecified atom stereocenters. The average molecular weight is 262 g/mol. The van der Waals surface area contributed by atoms with Crippen LogP contribution in [0.2, 0.25) is 0 Å². The van der Waals surface area contributed by atoms with Gasteiger partial charge in [0, 0.05) is 19.3 Å². The van der Waals surface area contributed by atoms with E-state index in [0.717, 1.165) is 17.8 Å². The largest absolute Gasteiger partial charge is 0.341 e. The zero-order valence-corrected chi connectivity index (χ0v) is 10.4. The number of anilines is 1. The number of hydrogen-bond donors (Lipinski definition) is 1. The molecule has 1 saturated heterocycles. The second-order valence-corrected chi connectivity index (χ2v) is 4.78. The van der Waals surface area contributed by atoms with Gasteiger partial charge in [0.1, 0.15) is 5.01 Å². The van der Waals surface area contributed by atoms with Gasteiger partial charge in [-0.15, -0.1) is 21.8 Å². The maximum absolute atomic E-state index is 11.6. The summed E-state index contributed by atoms with van der Waals surface area (Å²) in [5.41, 5.74) is 2.90. The molecule has 2 heterocycles. The molecule has 0 spiro atoms. The molecule has 1 aromatic rings. The van der Waals surface area contributed by atoms with E-state index in [9.17, 15) is 4.79 Å². The van der Waals surface area contributed by atoms with Gasteiger partial charge in [0.2, 0.25) is 5.13 Å². The highest BCUT2D eigenvalue weighted by molar-refractivity contribution is 7.15. The molecule has 2 amide bonds. The lowest BCUT2D eigenvalue weighted by Crippen LogP contribution is -2.31. The Kier molecular flexibility index (Phi) is 3.57. The lowest BCUT2D eigenvalue weighted by Gasteiger charge is -2.08. The minimum Gasteiger partial charge on any atom is -0.261 e. The molecule has 0 bridgehead atoms. The summed E-state index contributed by atoms with van der Waals surface area (Å²) in [7, 11) is 1.68. The maximum atomic E-state index is 11.6. The Bertz CT molecular complexity index is 384. The molecule has 1 N–H and O–H groups in total. The van der Waals surface area contributed by atoms with Crippen LogP contribution in [0.5, 0.6) is 0 Å². The summed E-state index contributed by atoms with van der Waals surface area (Å²) in [5, 5.41) is 11.0. The zero-order valence-electron chi connectivity index (χ0n) is 8.81. The SMILES string of the molecule is CN1NCN(c2nnc(CCCCl)s2)C1=O. The van der Waals surface area contributed by atoms with Crippen molar-refractivity contribution in [1.29, 1.82) is 0 Å². The van der Waals surface area contributed by atoms with Crippen LogP contribution in [0.1, 0.15) is 11.4 Å². The number of amides is 2.